The molecule has 0 bridgehead atoms. The summed E-state index contributed by atoms with van der Waals surface area (Å²) in [5.41, 5.74) is 1.10. The highest BCUT2D eigenvalue weighted by Crippen LogP contribution is 2.06. The predicted molar refractivity (Wildman–Crippen MR) is 50.3 cm³/mol. The first-order chi connectivity index (χ1) is 5.76. The van der Waals surface area contributed by atoms with Gasteiger partial charge in [0.2, 0.25) is 0 Å². The molecule has 0 unspecified atom stereocenters. The first-order valence-electron chi connectivity index (χ1n) is 4.34. The first-order valence-corrected chi connectivity index (χ1v) is 4.34. The molecule has 1 N–H and O–H groups in total. The Morgan fingerprint density at radius 3 is 2.67 bits per heavy atom. The van der Waals surface area contributed by atoms with Gasteiger partial charge in [0, 0.05) is 18.3 Å². The summed E-state index contributed by atoms with van der Waals surface area (Å²) in [5.74, 6) is 1.77. The molecule has 3 heteroatoms. The first kappa shape index (κ1) is 8.97. The number of anilines is 1. The molecule has 0 fully saturated rings. The van der Waals surface area contributed by atoms with Crippen LogP contribution in [0.5, 0.6) is 0 Å². The minimum atomic E-state index is 0.838. The van der Waals surface area contributed by atoms with Crippen LogP contribution in [0.25, 0.3) is 0 Å². The molecule has 0 aliphatic heterocycles. The van der Waals surface area contributed by atoms with Crippen LogP contribution >= 0.6 is 0 Å². The van der Waals surface area contributed by atoms with Crippen LogP contribution in [-0.4, -0.2) is 16.5 Å². The van der Waals surface area contributed by atoms with Gasteiger partial charge in [-0.2, -0.15) is 0 Å². The zero-order chi connectivity index (χ0) is 8.97. The summed E-state index contributed by atoms with van der Waals surface area (Å²) >= 11 is 0. The van der Waals surface area contributed by atoms with Gasteiger partial charge >= 0.3 is 0 Å². The monoisotopic (exact) mass is 165 g/mol. The van der Waals surface area contributed by atoms with Crippen molar-refractivity contribution in [2.24, 2.45) is 0 Å². The summed E-state index contributed by atoms with van der Waals surface area (Å²) in [5, 5.41) is 3.17. The van der Waals surface area contributed by atoms with E-state index in [1.165, 1.54) is 0 Å². The Morgan fingerprint density at radius 2 is 2.08 bits per heavy atom. The van der Waals surface area contributed by atoms with Crippen LogP contribution in [0, 0.1) is 6.92 Å². The van der Waals surface area contributed by atoms with E-state index in [1.807, 2.05) is 13.0 Å². The summed E-state index contributed by atoms with van der Waals surface area (Å²) in [7, 11) is 0. The van der Waals surface area contributed by atoms with Crippen LogP contribution in [0.3, 0.4) is 0 Å². The summed E-state index contributed by atoms with van der Waals surface area (Å²) in [6.45, 7) is 6.97. The maximum Gasteiger partial charge on any atom is 0.129 e. The molecule has 1 rings (SSSR count). The second-order valence-corrected chi connectivity index (χ2v) is 2.68. The Hall–Kier alpha value is -1.12. The predicted octanol–water partition coefficient (Wildman–Crippen LogP) is 1.78. The topological polar surface area (TPSA) is 37.8 Å². The van der Waals surface area contributed by atoms with Crippen LogP contribution in [0.4, 0.5) is 5.82 Å². The molecule has 0 aliphatic rings. The molecular weight excluding hydrogens is 150 g/mol. The minimum Gasteiger partial charge on any atom is -0.370 e. The van der Waals surface area contributed by atoms with E-state index >= 15 is 0 Å². The highest BCUT2D eigenvalue weighted by atomic mass is 15.0. The van der Waals surface area contributed by atoms with Crippen molar-refractivity contribution < 1.29 is 0 Å². The Bertz CT molecular complexity index is 258. The van der Waals surface area contributed by atoms with E-state index in [1.54, 1.807) is 0 Å². The number of nitrogens with one attached hydrogen (secondary N) is 1. The van der Waals surface area contributed by atoms with Crippen LogP contribution in [-0.2, 0) is 6.42 Å². The van der Waals surface area contributed by atoms with Gasteiger partial charge in [0.1, 0.15) is 11.6 Å². The van der Waals surface area contributed by atoms with Gasteiger partial charge in [0.05, 0.1) is 0 Å². The lowest BCUT2D eigenvalue weighted by Gasteiger charge is -2.04. The van der Waals surface area contributed by atoms with E-state index in [4.69, 9.17) is 0 Å². The van der Waals surface area contributed by atoms with E-state index < -0.39 is 0 Å². The summed E-state index contributed by atoms with van der Waals surface area (Å²) in [4.78, 5) is 8.53. The molecule has 0 saturated carbocycles. The van der Waals surface area contributed by atoms with E-state index in [0.29, 0.717) is 0 Å². The fourth-order valence-electron chi connectivity index (χ4n) is 1.08. The van der Waals surface area contributed by atoms with E-state index in [0.717, 1.165) is 30.3 Å². The summed E-state index contributed by atoms with van der Waals surface area (Å²) in [6.07, 6.45) is 0.960. The smallest absolute Gasteiger partial charge is 0.129 e. The van der Waals surface area contributed by atoms with Gasteiger partial charge in [-0.3, -0.25) is 0 Å². The van der Waals surface area contributed by atoms with Crippen LogP contribution in [0.15, 0.2) is 6.07 Å². The van der Waals surface area contributed by atoms with Crippen LogP contribution in [0.2, 0.25) is 0 Å². The third kappa shape index (κ3) is 2.19. The normalized spacial score (nSPS) is 9.92. The molecule has 3 nitrogen and oxygen atoms in total. The lowest BCUT2D eigenvalue weighted by atomic mass is 10.3. The van der Waals surface area contributed by atoms with Crippen molar-refractivity contribution in [3.05, 3.63) is 17.6 Å². The number of aromatic nitrogens is 2. The second-order valence-electron chi connectivity index (χ2n) is 2.68. The lowest BCUT2D eigenvalue weighted by molar-refractivity contribution is 0.945. The van der Waals surface area contributed by atoms with Gasteiger partial charge < -0.3 is 5.32 Å². The number of nitrogens with zero attached hydrogens (tertiary/aromatic N) is 2. The van der Waals surface area contributed by atoms with Crippen molar-refractivity contribution in [1.29, 1.82) is 0 Å². The van der Waals surface area contributed by atoms with Crippen molar-refractivity contribution in [2.45, 2.75) is 27.2 Å². The minimum absolute atomic E-state index is 0.838. The van der Waals surface area contributed by atoms with Gasteiger partial charge in [0.15, 0.2) is 0 Å². The Balaban J connectivity index is 2.90. The lowest BCUT2D eigenvalue weighted by Crippen LogP contribution is -2.03. The molecule has 0 radical (unpaired) electrons. The highest BCUT2D eigenvalue weighted by Gasteiger charge is 1.97. The zero-order valence-electron chi connectivity index (χ0n) is 7.89. The van der Waals surface area contributed by atoms with Crippen LogP contribution < -0.4 is 5.32 Å². The van der Waals surface area contributed by atoms with Gasteiger partial charge in [-0.15, -0.1) is 0 Å². The molecule has 1 aromatic heterocycles. The fourth-order valence-corrected chi connectivity index (χ4v) is 1.08. The third-order valence-corrected chi connectivity index (χ3v) is 1.61. The maximum atomic E-state index is 4.28. The molecule has 12 heavy (non-hydrogen) atoms. The molecule has 0 aliphatic carbocycles. The highest BCUT2D eigenvalue weighted by molar-refractivity contribution is 5.35. The van der Waals surface area contributed by atoms with Crippen molar-refractivity contribution >= 4 is 5.82 Å². The molecule has 0 saturated heterocycles. The number of rotatable bonds is 3. The van der Waals surface area contributed by atoms with Gasteiger partial charge in [0.25, 0.3) is 0 Å². The van der Waals surface area contributed by atoms with E-state index in [2.05, 4.69) is 29.1 Å². The quantitative estimate of drug-likeness (QED) is 0.741. The molecule has 1 aromatic rings. The third-order valence-electron chi connectivity index (χ3n) is 1.61. The molecule has 0 spiro atoms. The molecule has 1 heterocycles. The van der Waals surface area contributed by atoms with E-state index in [9.17, 15) is 0 Å². The Morgan fingerprint density at radius 1 is 1.33 bits per heavy atom. The standard InChI is InChI=1S/C9H15N3/c1-4-8-6-9(10-5-2)12-7(3)11-8/h6H,4-5H2,1-3H3,(H,10,11,12). The van der Waals surface area contributed by atoms with Crippen molar-refractivity contribution in [1.82, 2.24) is 9.97 Å². The average Bonchev–Trinajstić information content (AvgIpc) is 2.04. The molecule has 0 aromatic carbocycles. The Labute approximate surface area is 73.2 Å². The molecular formula is C9H15N3. The molecule has 0 atom stereocenters. The largest absolute Gasteiger partial charge is 0.370 e. The van der Waals surface area contributed by atoms with Gasteiger partial charge in [-0.25, -0.2) is 9.97 Å². The number of hydrogen-bond acceptors (Lipinski definition) is 3. The van der Waals surface area contributed by atoms with Crippen LogP contribution in [0.1, 0.15) is 25.4 Å². The average molecular weight is 165 g/mol. The van der Waals surface area contributed by atoms with Crippen molar-refractivity contribution in [2.75, 3.05) is 11.9 Å². The maximum absolute atomic E-state index is 4.28. The van der Waals surface area contributed by atoms with E-state index in [-0.39, 0.29) is 0 Å². The molecule has 0 amide bonds. The summed E-state index contributed by atoms with van der Waals surface area (Å²) in [6, 6.07) is 2.00. The molecule has 66 valence electrons. The number of aryl methyl sites for hydroxylation is 2. The second kappa shape index (κ2) is 4.04. The van der Waals surface area contributed by atoms with Crippen molar-refractivity contribution in [3.8, 4) is 0 Å². The number of hydrogen-bond donors (Lipinski definition) is 1. The van der Waals surface area contributed by atoms with Crippen molar-refractivity contribution in [3.63, 3.8) is 0 Å². The Kier molecular flexibility index (Phi) is 3.02. The zero-order valence-corrected chi connectivity index (χ0v) is 7.89. The SMILES string of the molecule is CCNc1cc(CC)nc(C)n1. The van der Waals surface area contributed by atoms with Gasteiger partial charge in [-0.1, -0.05) is 6.92 Å². The summed E-state index contributed by atoms with van der Waals surface area (Å²) < 4.78 is 0. The fraction of sp³-hybridized carbons (Fsp3) is 0.556. The van der Waals surface area contributed by atoms with Gasteiger partial charge in [-0.05, 0) is 20.3 Å².